The van der Waals surface area contributed by atoms with E-state index >= 15 is 0 Å². The molecule has 0 radical (unpaired) electrons. The summed E-state index contributed by atoms with van der Waals surface area (Å²) >= 11 is 0. The number of rotatable bonds is 2. The van der Waals surface area contributed by atoms with Gasteiger partial charge in [-0.2, -0.15) is 5.10 Å². The summed E-state index contributed by atoms with van der Waals surface area (Å²) in [5.74, 6) is 0.389. The van der Waals surface area contributed by atoms with E-state index in [2.05, 4.69) is 51.6 Å². The van der Waals surface area contributed by atoms with Crippen LogP contribution in [0.3, 0.4) is 0 Å². The molecule has 118 valence electrons. The molecular weight excluding hydrogens is 274 g/mol. The number of hydrogen-bond acceptors (Lipinski definition) is 3. The number of phenols is 1. The highest BCUT2D eigenvalue weighted by atomic mass is 16.3. The Bertz CT molecular complexity index is 636. The van der Waals surface area contributed by atoms with Crippen molar-refractivity contribution >= 4 is 6.21 Å². The Morgan fingerprint density at radius 2 is 1.59 bits per heavy atom. The van der Waals surface area contributed by atoms with Gasteiger partial charge in [-0.3, -0.25) is 0 Å². The van der Waals surface area contributed by atoms with E-state index in [0.29, 0.717) is 5.75 Å². The Labute approximate surface area is 132 Å². The second-order valence-electron chi connectivity index (χ2n) is 7.65. The maximum atomic E-state index is 10.7. The standard InChI is InChI=1S/C18H25N3O/c1-17(2,3)14-9-13(11-20-21-8-7-19-12-21)10-15(16(14)22)18(4,5)6/h7-12,22H,1-6H3. The van der Waals surface area contributed by atoms with E-state index in [-0.39, 0.29) is 10.8 Å². The van der Waals surface area contributed by atoms with Gasteiger partial charge in [0, 0.05) is 23.5 Å². The molecule has 0 atom stereocenters. The fraction of sp³-hybridized carbons (Fsp3) is 0.444. The van der Waals surface area contributed by atoms with Gasteiger partial charge in [0.2, 0.25) is 0 Å². The largest absolute Gasteiger partial charge is 0.507 e. The average Bonchev–Trinajstić information content (AvgIpc) is 2.87. The molecule has 0 unspecified atom stereocenters. The smallest absolute Gasteiger partial charge is 0.123 e. The predicted octanol–water partition coefficient (Wildman–Crippen LogP) is 4.07. The van der Waals surface area contributed by atoms with Crippen molar-refractivity contribution in [3.8, 4) is 5.75 Å². The highest BCUT2D eigenvalue weighted by molar-refractivity contribution is 5.81. The van der Waals surface area contributed by atoms with Gasteiger partial charge in [-0.1, -0.05) is 41.5 Å². The van der Waals surface area contributed by atoms with Crippen LogP contribution < -0.4 is 0 Å². The molecule has 1 N–H and O–H groups in total. The fourth-order valence-electron chi connectivity index (χ4n) is 2.33. The molecule has 1 aromatic carbocycles. The molecule has 4 heteroatoms. The molecule has 0 fully saturated rings. The Morgan fingerprint density at radius 1 is 1.05 bits per heavy atom. The lowest BCUT2D eigenvalue weighted by Gasteiger charge is -2.27. The van der Waals surface area contributed by atoms with Gasteiger partial charge in [0.25, 0.3) is 0 Å². The van der Waals surface area contributed by atoms with Crippen LogP contribution >= 0.6 is 0 Å². The molecule has 0 aliphatic rings. The zero-order valence-electron chi connectivity index (χ0n) is 14.3. The first-order chi connectivity index (χ1) is 10.1. The molecule has 4 nitrogen and oxygen atoms in total. The summed E-state index contributed by atoms with van der Waals surface area (Å²) in [6.07, 6.45) is 6.92. The number of nitrogens with zero attached hydrogens (tertiary/aromatic N) is 3. The van der Waals surface area contributed by atoms with Crippen LogP contribution in [0.25, 0.3) is 0 Å². The molecule has 0 saturated carbocycles. The molecule has 0 spiro atoms. The van der Waals surface area contributed by atoms with Crippen LogP contribution in [-0.4, -0.2) is 21.0 Å². The van der Waals surface area contributed by atoms with Gasteiger partial charge < -0.3 is 5.11 Å². The quantitative estimate of drug-likeness (QED) is 0.850. The van der Waals surface area contributed by atoms with Gasteiger partial charge in [-0.05, 0) is 28.5 Å². The Hall–Kier alpha value is -2.10. The van der Waals surface area contributed by atoms with Crippen molar-refractivity contribution in [2.24, 2.45) is 5.10 Å². The number of aromatic nitrogens is 2. The van der Waals surface area contributed by atoms with Gasteiger partial charge in [0.1, 0.15) is 12.1 Å². The number of phenolic OH excluding ortho intramolecular Hbond substituents is 1. The molecule has 2 aromatic rings. The fourth-order valence-corrected chi connectivity index (χ4v) is 2.33. The van der Waals surface area contributed by atoms with E-state index in [1.807, 2.05) is 12.1 Å². The van der Waals surface area contributed by atoms with Gasteiger partial charge in [-0.15, -0.1) is 0 Å². The van der Waals surface area contributed by atoms with E-state index < -0.39 is 0 Å². The normalized spacial score (nSPS) is 13.0. The van der Waals surface area contributed by atoms with Crippen LogP contribution in [0.4, 0.5) is 0 Å². The number of imidazole rings is 1. The third kappa shape index (κ3) is 3.56. The van der Waals surface area contributed by atoms with Crippen molar-refractivity contribution in [1.82, 2.24) is 9.66 Å². The van der Waals surface area contributed by atoms with E-state index in [1.54, 1.807) is 29.6 Å². The van der Waals surface area contributed by atoms with Gasteiger partial charge in [0.05, 0.1) is 6.21 Å². The van der Waals surface area contributed by atoms with Crippen molar-refractivity contribution in [1.29, 1.82) is 0 Å². The predicted molar refractivity (Wildman–Crippen MR) is 90.7 cm³/mol. The van der Waals surface area contributed by atoms with Crippen molar-refractivity contribution in [2.75, 3.05) is 0 Å². The maximum absolute atomic E-state index is 10.7. The lowest BCUT2D eigenvalue weighted by molar-refractivity contribution is 0.423. The number of benzene rings is 1. The zero-order valence-corrected chi connectivity index (χ0v) is 14.3. The summed E-state index contributed by atoms with van der Waals surface area (Å²) in [5.41, 5.74) is 2.58. The van der Waals surface area contributed by atoms with E-state index in [9.17, 15) is 5.11 Å². The summed E-state index contributed by atoms with van der Waals surface area (Å²) in [6, 6.07) is 4.01. The highest BCUT2D eigenvalue weighted by Gasteiger charge is 2.26. The second-order valence-corrected chi connectivity index (χ2v) is 7.65. The van der Waals surface area contributed by atoms with Crippen molar-refractivity contribution in [3.63, 3.8) is 0 Å². The summed E-state index contributed by atoms with van der Waals surface area (Å²) in [4.78, 5) is 3.97. The molecule has 0 bridgehead atoms. The van der Waals surface area contributed by atoms with E-state index in [0.717, 1.165) is 16.7 Å². The topological polar surface area (TPSA) is 50.4 Å². The zero-order chi connectivity index (χ0) is 16.5. The number of hydrogen-bond donors (Lipinski definition) is 1. The van der Waals surface area contributed by atoms with Crippen molar-refractivity contribution in [2.45, 2.75) is 52.4 Å². The molecule has 0 aliphatic heterocycles. The third-order valence-electron chi connectivity index (χ3n) is 3.58. The lowest BCUT2D eigenvalue weighted by Crippen LogP contribution is -2.17. The highest BCUT2D eigenvalue weighted by Crippen LogP contribution is 2.39. The summed E-state index contributed by atoms with van der Waals surface area (Å²) in [7, 11) is 0. The van der Waals surface area contributed by atoms with Gasteiger partial charge >= 0.3 is 0 Å². The minimum Gasteiger partial charge on any atom is -0.507 e. The monoisotopic (exact) mass is 299 g/mol. The van der Waals surface area contributed by atoms with Crippen LogP contribution in [0.1, 0.15) is 58.2 Å². The van der Waals surface area contributed by atoms with Gasteiger partial charge in [-0.25, -0.2) is 9.66 Å². The van der Waals surface area contributed by atoms with Crippen LogP contribution in [0.5, 0.6) is 5.75 Å². The average molecular weight is 299 g/mol. The summed E-state index contributed by atoms with van der Waals surface area (Å²) in [5, 5.41) is 15.0. The Kier molecular flexibility index (Phi) is 4.14. The molecule has 2 rings (SSSR count). The molecular formula is C18H25N3O. The first kappa shape index (κ1) is 16.3. The molecule has 1 aromatic heterocycles. The second kappa shape index (κ2) is 5.59. The van der Waals surface area contributed by atoms with Gasteiger partial charge in [0.15, 0.2) is 0 Å². The summed E-state index contributed by atoms with van der Waals surface area (Å²) in [6.45, 7) is 12.6. The first-order valence-electron chi connectivity index (χ1n) is 7.49. The Morgan fingerprint density at radius 3 is 2.00 bits per heavy atom. The van der Waals surface area contributed by atoms with Crippen molar-refractivity contribution < 1.29 is 5.11 Å². The molecule has 1 heterocycles. The van der Waals surface area contributed by atoms with Crippen molar-refractivity contribution in [3.05, 3.63) is 47.5 Å². The minimum absolute atomic E-state index is 0.136. The van der Waals surface area contributed by atoms with Crippen LogP contribution in [0, 0.1) is 0 Å². The number of aromatic hydroxyl groups is 1. The lowest BCUT2D eigenvalue weighted by atomic mass is 9.78. The maximum Gasteiger partial charge on any atom is 0.123 e. The molecule has 0 aliphatic carbocycles. The van der Waals surface area contributed by atoms with Crippen LogP contribution in [0.15, 0.2) is 36.0 Å². The SMILES string of the molecule is CC(C)(C)c1cc(C=Nn2ccnc2)cc(C(C)(C)C)c1O. The molecule has 0 saturated heterocycles. The molecule has 0 amide bonds. The third-order valence-corrected chi connectivity index (χ3v) is 3.58. The first-order valence-corrected chi connectivity index (χ1v) is 7.49. The summed E-state index contributed by atoms with van der Waals surface area (Å²) < 4.78 is 1.65. The van der Waals surface area contributed by atoms with Crippen LogP contribution in [-0.2, 0) is 10.8 Å². The van der Waals surface area contributed by atoms with Crippen LogP contribution in [0.2, 0.25) is 0 Å². The molecule has 22 heavy (non-hydrogen) atoms. The van der Waals surface area contributed by atoms with E-state index in [1.165, 1.54) is 0 Å². The minimum atomic E-state index is -0.136. The Balaban J connectivity index is 2.55. The van der Waals surface area contributed by atoms with E-state index in [4.69, 9.17) is 0 Å².